The Morgan fingerprint density at radius 1 is 1.73 bits per heavy atom. The second-order valence-corrected chi connectivity index (χ2v) is 4.49. The van der Waals surface area contributed by atoms with Crippen molar-refractivity contribution in [1.29, 1.82) is 0 Å². The zero-order valence-electron chi connectivity index (χ0n) is 9.15. The maximum absolute atomic E-state index is 10.7. The van der Waals surface area contributed by atoms with Crippen LogP contribution in [0.1, 0.15) is 20.3 Å². The van der Waals surface area contributed by atoms with Crippen molar-refractivity contribution in [2.24, 2.45) is 0 Å². The molecule has 4 nitrogen and oxygen atoms in total. The van der Waals surface area contributed by atoms with Crippen molar-refractivity contribution in [2.75, 3.05) is 19.7 Å². The molecule has 0 bridgehead atoms. The molecular weight excluding hydrogens is 218 g/mol. The minimum Gasteiger partial charge on any atom is -0.480 e. The molecule has 1 N–H and O–H groups in total. The van der Waals surface area contributed by atoms with Gasteiger partial charge in [0.15, 0.2) is 0 Å². The van der Waals surface area contributed by atoms with Crippen molar-refractivity contribution in [3.8, 4) is 0 Å². The molecule has 0 radical (unpaired) electrons. The SMILES string of the molecule is CCC1COC(C)CN1CC(Cl)C(=O)O. The topological polar surface area (TPSA) is 49.8 Å². The molecular formula is C10H18ClNO3. The molecule has 1 fully saturated rings. The summed E-state index contributed by atoms with van der Waals surface area (Å²) in [5.74, 6) is -0.953. The first-order chi connectivity index (χ1) is 7.04. The van der Waals surface area contributed by atoms with E-state index >= 15 is 0 Å². The van der Waals surface area contributed by atoms with Gasteiger partial charge in [0.1, 0.15) is 5.38 Å². The molecule has 5 heteroatoms. The minimum atomic E-state index is -0.953. The number of carboxylic acids is 1. The molecule has 1 heterocycles. The maximum Gasteiger partial charge on any atom is 0.322 e. The fourth-order valence-electron chi connectivity index (χ4n) is 1.80. The zero-order valence-corrected chi connectivity index (χ0v) is 9.91. The van der Waals surface area contributed by atoms with Gasteiger partial charge in [-0.15, -0.1) is 11.6 Å². The molecule has 0 aliphatic carbocycles. The second kappa shape index (κ2) is 5.68. The molecule has 0 amide bonds. The van der Waals surface area contributed by atoms with E-state index in [1.807, 2.05) is 6.92 Å². The van der Waals surface area contributed by atoms with Crippen LogP contribution in [0.25, 0.3) is 0 Å². The number of carboxylic acid groups (broad SMARTS) is 1. The van der Waals surface area contributed by atoms with Crippen molar-refractivity contribution in [3.05, 3.63) is 0 Å². The number of halogens is 1. The van der Waals surface area contributed by atoms with Gasteiger partial charge in [-0.25, -0.2) is 0 Å². The van der Waals surface area contributed by atoms with Crippen LogP contribution in [-0.4, -0.2) is 53.2 Å². The van der Waals surface area contributed by atoms with Gasteiger partial charge >= 0.3 is 5.97 Å². The summed E-state index contributed by atoms with van der Waals surface area (Å²) in [6.45, 7) is 5.88. The van der Waals surface area contributed by atoms with Crippen LogP contribution in [0.15, 0.2) is 0 Å². The van der Waals surface area contributed by atoms with E-state index in [1.165, 1.54) is 0 Å². The van der Waals surface area contributed by atoms with Crippen LogP contribution in [0.3, 0.4) is 0 Å². The van der Waals surface area contributed by atoms with Crippen molar-refractivity contribution in [3.63, 3.8) is 0 Å². The Balaban J connectivity index is 2.51. The van der Waals surface area contributed by atoms with Gasteiger partial charge in [-0.2, -0.15) is 0 Å². The summed E-state index contributed by atoms with van der Waals surface area (Å²) in [4.78, 5) is 12.8. The summed E-state index contributed by atoms with van der Waals surface area (Å²) < 4.78 is 5.52. The predicted molar refractivity (Wildman–Crippen MR) is 58.3 cm³/mol. The fourth-order valence-corrected chi connectivity index (χ4v) is 1.97. The van der Waals surface area contributed by atoms with E-state index in [0.29, 0.717) is 19.2 Å². The lowest BCUT2D eigenvalue weighted by Crippen LogP contribution is -2.51. The lowest BCUT2D eigenvalue weighted by Gasteiger charge is -2.38. The van der Waals surface area contributed by atoms with Crippen molar-refractivity contribution < 1.29 is 14.6 Å². The van der Waals surface area contributed by atoms with Crippen LogP contribution >= 0.6 is 11.6 Å². The number of carbonyl (C=O) groups is 1. The summed E-state index contributed by atoms with van der Waals surface area (Å²) in [5.41, 5.74) is 0. The first-order valence-electron chi connectivity index (χ1n) is 5.27. The molecule has 0 aromatic heterocycles. The molecule has 1 aliphatic rings. The van der Waals surface area contributed by atoms with E-state index in [9.17, 15) is 4.79 Å². The fraction of sp³-hybridized carbons (Fsp3) is 0.900. The molecule has 0 saturated carbocycles. The van der Waals surface area contributed by atoms with Gasteiger partial charge in [0, 0.05) is 19.1 Å². The highest BCUT2D eigenvalue weighted by Crippen LogP contribution is 2.16. The zero-order chi connectivity index (χ0) is 11.4. The highest BCUT2D eigenvalue weighted by Gasteiger charge is 2.28. The van der Waals surface area contributed by atoms with Gasteiger partial charge < -0.3 is 9.84 Å². The number of nitrogens with zero attached hydrogens (tertiary/aromatic N) is 1. The quantitative estimate of drug-likeness (QED) is 0.744. The molecule has 88 valence electrons. The van der Waals surface area contributed by atoms with E-state index in [0.717, 1.165) is 13.0 Å². The van der Waals surface area contributed by atoms with Gasteiger partial charge in [0.05, 0.1) is 12.7 Å². The number of morpholine rings is 1. The summed E-state index contributed by atoms with van der Waals surface area (Å²) in [7, 11) is 0. The third-order valence-electron chi connectivity index (χ3n) is 2.72. The van der Waals surface area contributed by atoms with E-state index in [-0.39, 0.29) is 6.10 Å². The molecule has 15 heavy (non-hydrogen) atoms. The van der Waals surface area contributed by atoms with Crippen LogP contribution in [0.4, 0.5) is 0 Å². The smallest absolute Gasteiger partial charge is 0.322 e. The third-order valence-corrected chi connectivity index (χ3v) is 3.04. The Morgan fingerprint density at radius 2 is 2.40 bits per heavy atom. The average Bonchev–Trinajstić information content (AvgIpc) is 2.18. The number of rotatable bonds is 4. The molecule has 0 aromatic carbocycles. The maximum atomic E-state index is 10.7. The Labute approximate surface area is 95.2 Å². The van der Waals surface area contributed by atoms with E-state index in [2.05, 4.69) is 11.8 Å². The van der Waals surface area contributed by atoms with Crippen LogP contribution in [0, 0.1) is 0 Å². The molecule has 1 aliphatic heterocycles. The van der Waals surface area contributed by atoms with Crippen LogP contribution in [-0.2, 0) is 9.53 Å². The van der Waals surface area contributed by atoms with Gasteiger partial charge in [0.2, 0.25) is 0 Å². The van der Waals surface area contributed by atoms with E-state index in [4.69, 9.17) is 21.4 Å². The van der Waals surface area contributed by atoms with Gasteiger partial charge in [-0.1, -0.05) is 6.92 Å². The van der Waals surface area contributed by atoms with Crippen molar-refractivity contribution >= 4 is 17.6 Å². The summed E-state index contributed by atoms with van der Waals surface area (Å²) in [6, 6.07) is 0.293. The lowest BCUT2D eigenvalue weighted by atomic mass is 10.1. The van der Waals surface area contributed by atoms with E-state index in [1.54, 1.807) is 0 Å². The molecule has 0 spiro atoms. The lowest BCUT2D eigenvalue weighted by molar-refractivity contribution is -0.137. The minimum absolute atomic E-state index is 0.158. The summed E-state index contributed by atoms with van der Waals surface area (Å²) in [6.07, 6.45) is 1.11. The molecule has 3 unspecified atom stereocenters. The van der Waals surface area contributed by atoms with Crippen molar-refractivity contribution in [1.82, 2.24) is 4.90 Å². The molecule has 1 rings (SSSR count). The Kier molecular flexibility index (Phi) is 4.83. The number of hydrogen-bond acceptors (Lipinski definition) is 3. The first kappa shape index (κ1) is 12.7. The number of ether oxygens (including phenoxy) is 1. The molecule has 1 saturated heterocycles. The van der Waals surface area contributed by atoms with Gasteiger partial charge in [0.25, 0.3) is 0 Å². The highest BCUT2D eigenvalue weighted by molar-refractivity contribution is 6.29. The van der Waals surface area contributed by atoms with Gasteiger partial charge in [-0.3, -0.25) is 9.69 Å². The Hall–Kier alpha value is -0.320. The number of hydrogen-bond donors (Lipinski definition) is 1. The number of alkyl halides is 1. The van der Waals surface area contributed by atoms with Crippen LogP contribution in [0.2, 0.25) is 0 Å². The van der Waals surface area contributed by atoms with E-state index < -0.39 is 11.3 Å². The largest absolute Gasteiger partial charge is 0.480 e. The van der Waals surface area contributed by atoms with Gasteiger partial charge in [-0.05, 0) is 13.3 Å². The molecule has 3 atom stereocenters. The Bertz CT molecular complexity index is 225. The van der Waals surface area contributed by atoms with Crippen LogP contribution < -0.4 is 0 Å². The standard InChI is InChI=1S/C10H18ClNO3/c1-3-8-6-15-7(2)4-12(8)5-9(11)10(13)14/h7-9H,3-6H2,1-2H3,(H,13,14). The monoisotopic (exact) mass is 235 g/mol. The summed E-state index contributed by atoms with van der Waals surface area (Å²) >= 11 is 5.74. The van der Waals surface area contributed by atoms with Crippen LogP contribution in [0.5, 0.6) is 0 Å². The first-order valence-corrected chi connectivity index (χ1v) is 5.70. The second-order valence-electron chi connectivity index (χ2n) is 3.97. The molecule has 0 aromatic rings. The highest BCUT2D eigenvalue weighted by atomic mass is 35.5. The average molecular weight is 236 g/mol. The third kappa shape index (κ3) is 3.63. The Morgan fingerprint density at radius 3 is 2.93 bits per heavy atom. The number of aliphatic carboxylic acids is 1. The summed E-state index contributed by atoms with van der Waals surface area (Å²) in [5, 5.41) is 7.92. The van der Waals surface area contributed by atoms with Crippen molar-refractivity contribution in [2.45, 2.75) is 37.8 Å². The predicted octanol–water partition coefficient (Wildman–Crippen LogP) is 1.18. The normalized spacial score (nSPS) is 30.1.